The number of carbonyl (C=O) groups is 1. The van der Waals surface area contributed by atoms with Crippen LogP contribution in [0.4, 0.5) is 11.4 Å². The van der Waals surface area contributed by atoms with Gasteiger partial charge >= 0.3 is 0 Å². The van der Waals surface area contributed by atoms with E-state index in [1.54, 1.807) is 0 Å². The van der Waals surface area contributed by atoms with Gasteiger partial charge in [0, 0.05) is 55.9 Å². The summed E-state index contributed by atoms with van der Waals surface area (Å²) in [5, 5.41) is 17.6. The van der Waals surface area contributed by atoms with E-state index in [0.717, 1.165) is 85.9 Å². The molecule has 11 heteroatoms. The quantitative estimate of drug-likeness (QED) is 0.145. The van der Waals surface area contributed by atoms with Gasteiger partial charge in [-0.25, -0.2) is 5.10 Å². The van der Waals surface area contributed by atoms with Gasteiger partial charge < -0.3 is 24.4 Å². The van der Waals surface area contributed by atoms with Crippen LogP contribution in [0.15, 0.2) is 72.3 Å². The van der Waals surface area contributed by atoms with Gasteiger partial charge in [-0.3, -0.25) is 9.69 Å². The molecular formula is C38H47N7O4. The fourth-order valence-corrected chi connectivity index (χ4v) is 6.30. The maximum atomic E-state index is 13.7. The summed E-state index contributed by atoms with van der Waals surface area (Å²) >= 11 is 0. The Morgan fingerprint density at radius 1 is 1.02 bits per heavy atom. The number of nitrogens with zero attached hydrogens (tertiary/aromatic N) is 5. The van der Waals surface area contributed by atoms with Crippen LogP contribution in [0, 0.1) is 0 Å². The van der Waals surface area contributed by atoms with Crippen molar-refractivity contribution in [1.82, 2.24) is 25.5 Å². The number of anilines is 2. The third-order valence-corrected chi connectivity index (χ3v) is 9.15. The fraction of sp³-hybridized carbons (Fsp3) is 0.421. The Bertz CT molecular complexity index is 1650. The van der Waals surface area contributed by atoms with E-state index in [4.69, 9.17) is 14.2 Å². The lowest BCUT2D eigenvalue weighted by Crippen LogP contribution is -2.36. The lowest BCUT2D eigenvalue weighted by molar-refractivity contribution is -0.112. The molecule has 4 aromatic rings. The van der Waals surface area contributed by atoms with E-state index in [-0.39, 0.29) is 5.91 Å². The third kappa shape index (κ3) is 9.53. The molecule has 3 heterocycles. The van der Waals surface area contributed by atoms with Gasteiger partial charge in [0.25, 0.3) is 5.91 Å². The van der Waals surface area contributed by atoms with Crippen molar-refractivity contribution in [3.8, 4) is 16.9 Å². The number of benzene rings is 3. The lowest BCUT2D eigenvalue weighted by Gasteiger charge is -2.31. The SMILES string of the molecule is CCCCOCCOc1ccc(-c2ccc3c(c2)C=C(C(=O)Nc2ccc(CN(C)C4CCOCC4)cc2)CCN3Cc2nnn[nH]2)cc1. The zero-order valence-corrected chi connectivity index (χ0v) is 28.6. The van der Waals surface area contributed by atoms with Gasteiger partial charge in [0.1, 0.15) is 12.4 Å². The van der Waals surface area contributed by atoms with E-state index in [2.05, 4.69) is 92.2 Å². The predicted molar refractivity (Wildman–Crippen MR) is 191 cm³/mol. The molecule has 0 saturated carbocycles. The molecule has 49 heavy (non-hydrogen) atoms. The first-order valence-corrected chi connectivity index (χ1v) is 17.4. The molecule has 6 rings (SSSR count). The van der Waals surface area contributed by atoms with Crippen LogP contribution in [0.25, 0.3) is 17.2 Å². The molecule has 0 radical (unpaired) electrons. The number of rotatable bonds is 15. The molecule has 2 N–H and O–H groups in total. The number of carbonyl (C=O) groups excluding carboxylic acids is 1. The van der Waals surface area contributed by atoms with E-state index in [0.29, 0.717) is 50.2 Å². The highest BCUT2D eigenvalue weighted by atomic mass is 16.5. The molecule has 258 valence electrons. The number of hydrogen-bond donors (Lipinski definition) is 2. The summed E-state index contributed by atoms with van der Waals surface area (Å²) in [6.07, 6.45) is 6.90. The second-order valence-electron chi connectivity index (χ2n) is 12.7. The Labute approximate surface area is 288 Å². The Morgan fingerprint density at radius 3 is 2.57 bits per heavy atom. The summed E-state index contributed by atoms with van der Waals surface area (Å²) in [7, 11) is 2.17. The Morgan fingerprint density at radius 2 is 1.82 bits per heavy atom. The number of hydrogen-bond acceptors (Lipinski definition) is 9. The van der Waals surface area contributed by atoms with Crippen LogP contribution in [0.3, 0.4) is 0 Å². The molecule has 0 atom stereocenters. The number of tetrazole rings is 1. The molecule has 0 bridgehead atoms. The van der Waals surface area contributed by atoms with E-state index in [1.165, 1.54) is 5.56 Å². The van der Waals surface area contributed by atoms with Gasteiger partial charge in [-0.15, -0.1) is 5.10 Å². The molecule has 0 spiro atoms. The van der Waals surface area contributed by atoms with Crippen molar-refractivity contribution in [3.63, 3.8) is 0 Å². The summed E-state index contributed by atoms with van der Waals surface area (Å²) in [5.74, 6) is 1.37. The van der Waals surface area contributed by atoms with Crippen molar-refractivity contribution in [2.24, 2.45) is 0 Å². The molecule has 1 aromatic heterocycles. The Kier molecular flexibility index (Phi) is 12.0. The zero-order chi connectivity index (χ0) is 33.8. The molecule has 1 amide bonds. The normalized spacial score (nSPS) is 15.1. The minimum atomic E-state index is -0.105. The largest absolute Gasteiger partial charge is 0.491 e. The number of nitrogens with one attached hydrogen (secondary N) is 2. The van der Waals surface area contributed by atoms with Crippen LogP contribution < -0.4 is 15.0 Å². The molecular weight excluding hydrogens is 618 g/mol. The van der Waals surface area contributed by atoms with Crippen LogP contribution in [-0.2, 0) is 27.4 Å². The van der Waals surface area contributed by atoms with Crippen molar-refractivity contribution in [1.29, 1.82) is 0 Å². The number of unbranched alkanes of at least 4 members (excludes halogenated alkanes) is 1. The second kappa shape index (κ2) is 17.2. The average molecular weight is 666 g/mol. The molecule has 1 fully saturated rings. The smallest absolute Gasteiger partial charge is 0.251 e. The van der Waals surface area contributed by atoms with Gasteiger partial charge in [0.15, 0.2) is 5.82 Å². The molecule has 0 unspecified atom stereocenters. The molecule has 0 aliphatic carbocycles. The minimum Gasteiger partial charge on any atom is -0.491 e. The summed E-state index contributed by atoms with van der Waals surface area (Å²) in [6, 6.07) is 23.2. The first-order valence-electron chi connectivity index (χ1n) is 17.4. The summed E-state index contributed by atoms with van der Waals surface area (Å²) in [5.41, 5.74) is 6.80. The predicted octanol–water partition coefficient (Wildman–Crippen LogP) is 6.11. The number of ether oxygens (including phenoxy) is 3. The highest BCUT2D eigenvalue weighted by Crippen LogP contribution is 2.34. The van der Waals surface area contributed by atoms with Crippen LogP contribution >= 0.6 is 0 Å². The minimum absolute atomic E-state index is 0.105. The van der Waals surface area contributed by atoms with Gasteiger partial charge in [-0.2, -0.15) is 0 Å². The highest BCUT2D eigenvalue weighted by molar-refractivity contribution is 6.07. The zero-order valence-electron chi connectivity index (χ0n) is 28.6. The number of amides is 1. The van der Waals surface area contributed by atoms with E-state index >= 15 is 0 Å². The van der Waals surface area contributed by atoms with Crippen LogP contribution in [-0.4, -0.2) is 84.1 Å². The molecule has 11 nitrogen and oxygen atoms in total. The highest BCUT2D eigenvalue weighted by Gasteiger charge is 2.22. The van der Waals surface area contributed by atoms with Crippen LogP contribution in [0.2, 0.25) is 0 Å². The average Bonchev–Trinajstić information content (AvgIpc) is 3.58. The van der Waals surface area contributed by atoms with Gasteiger partial charge in [0.05, 0.1) is 13.2 Å². The standard InChI is InChI=1S/C38H47N7O4/c1-3-4-19-47-22-23-49-35-12-7-29(8-13-35)30-9-14-36-32(24-30)25-31(15-18-45(36)27-37-40-42-43-41-37)38(46)39-33-10-5-28(6-11-33)26-44(2)34-16-20-48-21-17-34/h5-14,24-25,34H,3-4,15-23,26-27H2,1-2H3,(H,39,46)(H,40,41,42,43). The van der Waals surface area contributed by atoms with Gasteiger partial charge in [0.2, 0.25) is 0 Å². The summed E-state index contributed by atoms with van der Waals surface area (Å²) in [6.45, 7) is 7.68. The van der Waals surface area contributed by atoms with Crippen molar-refractivity contribution < 1.29 is 19.0 Å². The van der Waals surface area contributed by atoms with Crippen molar-refractivity contribution >= 4 is 23.4 Å². The Hall–Kier alpha value is -4.58. The van der Waals surface area contributed by atoms with Crippen molar-refractivity contribution in [2.75, 3.05) is 56.8 Å². The molecule has 2 aliphatic heterocycles. The van der Waals surface area contributed by atoms with Crippen molar-refractivity contribution in [3.05, 3.63) is 89.3 Å². The molecule has 2 aliphatic rings. The van der Waals surface area contributed by atoms with E-state index in [1.807, 2.05) is 30.3 Å². The molecule has 3 aromatic carbocycles. The topological polar surface area (TPSA) is 118 Å². The van der Waals surface area contributed by atoms with E-state index in [9.17, 15) is 4.79 Å². The van der Waals surface area contributed by atoms with E-state index < -0.39 is 0 Å². The fourth-order valence-electron chi connectivity index (χ4n) is 6.30. The van der Waals surface area contributed by atoms with Crippen molar-refractivity contribution in [2.45, 2.75) is 58.2 Å². The number of H-pyrrole nitrogens is 1. The maximum absolute atomic E-state index is 13.7. The van der Waals surface area contributed by atoms with Crippen LogP contribution in [0.5, 0.6) is 5.75 Å². The Balaban J connectivity index is 1.15. The lowest BCUT2D eigenvalue weighted by atomic mass is 10.00. The second-order valence-corrected chi connectivity index (χ2v) is 12.7. The summed E-state index contributed by atoms with van der Waals surface area (Å²) in [4.78, 5) is 18.3. The number of aromatic nitrogens is 4. The maximum Gasteiger partial charge on any atom is 0.251 e. The van der Waals surface area contributed by atoms with Gasteiger partial charge in [-0.1, -0.05) is 43.7 Å². The first kappa shape index (κ1) is 34.3. The number of aromatic amines is 1. The van der Waals surface area contributed by atoms with Gasteiger partial charge in [-0.05, 0) is 108 Å². The monoisotopic (exact) mass is 665 g/mol. The van der Waals surface area contributed by atoms with Crippen LogP contribution in [0.1, 0.15) is 56.0 Å². The molecule has 1 saturated heterocycles. The number of fused-ring (bicyclic) bond motifs is 1. The first-order chi connectivity index (χ1) is 24.1. The third-order valence-electron chi connectivity index (χ3n) is 9.15. The summed E-state index contributed by atoms with van der Waals surface area (Å²) < 4.78 is 17.0.